The van der Waals surface area contributed by atoms with Crippen molar-refractivity contribution in [1.82, 2.24) is 5.32 Å². The maximum Gasteiger partial charge on any atom is 0.245 e. The second-order valence-corrected chi connectivity index (χ2v) is 3.56. The second-order valence-electron chi connectivity index (χ2n) is 3.56. The molecule has 0 unspecified atom stereocenters. The van der Waals surface area contributed by atoms with Crippen LogP contribution in [-0.4, -0.2) is 66.1 Å². The van der Waals surface area contributed by atoms with Crippen LogP contribution in [0.2, 0.25) is 0 Å². The standard InChI is InChI=1S/C9H17NO6/c1-10-7(13)4-15-8-2-5(12)9(14)6(3-11)16-8/h5-6,8-9,11-12,14H,2-4H2,1H3,(H,10,13)/t5-,6-,8-,9+/m1/s1. The van der Waals surface area contributed by atoms with Gasteiger partial charge in [-0.25, -0.2) is 0 Å². The molecule has 4 atom stereocenters. The normalized spacial score (nSPS) is 34.8. The Hall–Kier alpha value is -0.730. The van der Waals surface area contributed by atoms with E-state index in [0.29, 0.717) is 0 Å². The zero-order valence-electron chi connectivity index (χ0n) is 9.00. The van der Waals surface area contributed by atoms with Gasteiger partial charge in [0.25, 0.3) is 0 Å². The average molecular weight is 235 g/mol. The first-order valence-corrected chi connectivity index (χ1v) is 5.03. The maximum atomic E-state index is 10.9. The number of rotatable bonds is 4. The third-order valence-corrected chi connectivity index (χ3v) is 2.39. The zero-order chi connectivity index (χ0) is 12.1. The molecule has 1 aliphatic rings. The predicted octanol–water partition coefficient (Wildman–Crippen LogP) is -2.42. The highest BCUT2D eigenvalue weighted by Gasteiger charge is 2.36. The molecule has 1 heterocycles. The fraction of sp³-hybridized carbons (Fsp3) is 0.889. The molecule has 0 aromatic heterocycles. The summed E-state index contributed by atoms with van der Waals surface area (Å²) < 4.78 is 10.2. The van der Waals surface area contributed by atoms with Gasteiger partial charge in [-0.05, 0) is 0 Å². The van der Waals surface area contributed by atoms with Crippen LogP contribution in [0.4, 0.5) is 0 Å². The zero-order valence-corrected chi connectivity index (χ0v) is 9.00. The monoisotopic (exact) mass is 235 g/mol. The van der Waals surface area contributed by atoms with E-state index < -0.39 is 31.2 Å². The summed E-state index contributed by atoms with van der Waals surface area (Å²) in [6.45, 7) is -0.611. The Labute approximate surface area is 93.0 Å². The predicted molar refractivity (Wildman–Crippen MR) is 52.4 cm³/mol. The molecule has 0 bridgehead atoms. The van der Waals surface area contributed by atoms with Crippen molar-refractivity contribution < 1.29 is 29.6 Å². The minimum atomic E-state index is -1.13. The Kier molecular flexibility index (Phi) is 5.10. The van der Waals surface area contributed by atoms with Gasteiger partial charge in [-0.3, -0.25) is 4.79 Å². The molecule has 7 heteroatoms. The van der Waals surface area contributed by atoms with Crippen LogP contribution >= 0.6 is 0 Å². The van der Waals surface area contributed by atoms with E-state index in [2.05, 4.69) is 5.32 Å². The number of ether oxygens (including phenoxy) is 2. The van der Waals surface area contributed by atoms with Crippen molar-refractivity contribution in [3.63, 3.8) is 0 Å². The van der Waals surface area contributed by atoms with Gasteiger partial charge in [-0.1, -0.05) is 0 Å². The molecule has 1 amide bonds. The number of hydrogen-bond acceptors (Lipinski definition) is 6. The van der Waals surface area contributed by atoms with Crippen molar-refractivity contribution in [2.24, 2.45) is 0 Å². The molecule has 1 saturated heterocycles. The molecule has 1 aliphatic heterocycles. The lowest BCUT2D eigenvalue weighted by Gasteiger charge is -2.35. The fourth-order valence-electron chi connectivity index (χ4n) is 1.41. The van der Waals surface area contributed by atoms with E-state index in [1.807, 2.05) is 0 Å². The maximum absolute atomic E-state index is 10.9. The van der Waals surface area contributed by atoms with Gasteiger partial charge in [0.1, 0.15) is 18.8 Å². The van der Waals surface area contributed by atoms with E-state index in [-0.39, 0.29) is 18.9 Å². The molecule has 16 heavy (non-hydrogen) atoms. The van der Waals surface area contributed by atoms with Crippen molar-refractivity contribution in [2.75, 3.05) is 20.3 Å². The number of likely N-dealkylation sites (N-methyl/N-ethyl adjacent to an activating group) is 1. The molecule has 0 spiro atoms. The summed E-state index contributed by atoms with van der Waals surface area (Å²) in [5.74, 6) is -0.315. The van der Waals surface area contributed by atoms with E-state index in [0.717, 1.165) is 0 Å². The molecule has 94 valence electrons. The molecular weight excluding hydrogens is 218 g/mol. The van der Waals surface area contributed by atoms with Gasteiger partial charge in [-0.2, -0.15) is 0 Å². The Bertz CT molecular complexity index is 236. The Morgan fingerprint density at radius 3 is 2.81 bits per heavy atom. The van der Waals surface area contributed by atoms with Crippen molar-refractivity contribution >= 4 is 5.91 Å². The lowest BCUT2D eigenvalue weighted by molar-refractivity contribution is -0.255. The number of nitrogens with one attached hydrogen (secondary N) is 1. The van der Waals surface area contributed by atoms with Gasteiger partial charge in [0, 0.05) is 13.5 Å². The first-order valence-electron chi connectivity index (χ1n) is 5.03. The molecule has 0 saturated carbocycles. The van der Waals surface area contributed by atoms with Crippen molar-refractivity contribution in [1.29, 1.82) is 0 Å². The molecule has 0 aromatic rings. The highest BCUT2D eigenvalue weighted by molar-refractivity contribution is 5.76. The summed E-state index contributed by atoms with van der Waals surface area (Å²) in [5, 5.41) is 30.1. The van der Waals surface area contributed by atoms with Gasteiger partial charge >= 0.3 is 0 Å². The molecule has 1 rings (SSSR count). The van der Waals surface area contributed by atoms with Crippen molar-refractivity contribution in [2.45, 2.75) is 31.0 Å². The SMILES string of the molecule is CNC(=O)CO[C@H]1C[C@@H](O)[C@H](O)[C@@H](CO)O1. The lowest BCUT2D eigenvalue weighted by Crippen LogP contribution is -2.50. The summed E-state index contributed by atoms with van der Waals surface area (Å²) >= 11 is 0. The topological polar surface area (TPSA) is 108 Å². The van der Waals surface area contributed by atoms with Crippen LogP contribution < -0.4 is 5.32 Å². The summed E-state index contributed by atoms with van der Waals surface area (Å²) in [4.78, 5) is 10.9. The number of aliphatic hydroxyl groups excluding tert-OH is 3. The molecule has 1 fully saturated rings. The van der Waals surface area contributed by atoms with Crippen LogP contribution in [0.15, 0.2) is 0 Å². The van der Waals surface area contributed by atoms with Gasteiger partial charge in [0.05, 0.1) is 12.7 Å². The number of aliphatic hydroxyl groups is 3. The molecule has 0 radical (unpaired) electrons. The van der Waals surface area contributed by atoms with Crippen molar-refractivity contribution in [3.8, 4) is 0 Å². The van der Waals surface area contributed by atoms with E-state index in [9.17, 15) is 15.0 Å². The third kappa shape index (κ3) is 3.39. The number of carbonyl (C=O) groups excluding carboxylic acids is 1. The van der Waals surface area contributed by atoms with E-state index in [4.69, 9.17) is 14.6 Å². The van der Waals surface area contributed by atoms with E-state index in [1.165, 1.54) is 7.05 Å². The first-order chi connectivity index (χ1) is 7.58. The second kappa shape index (κ2) is 6.12. The minimum absolute atomic E-state index is 0.0641. The van der Waals surface area contributed by atoms with E-state index in [1.54, 1.807) is 0 Å². The summed E-state index contributed by atoms with van der Waals surface area (Å²) in [6.07, 6.45) is -3.79. The fourth-order valence-corrected chi connectivity index (χ4v) is 1.41. The molecule has 0 aromatic carbocycles. The van der Waals surface area contributed by atoms with Crippen LogP contribution in [0.25, 0.3) is 0 Å². The smallest absolute Gasteiger partial charge is 0.245 e. The van der Waals surface area contributed by atoms with Gasteiger partial charge in [0.15, 0.2) is 6.29 Å². The highest BCUT2D eigenvalue weighted by Crippen LogP contribution is 2.20. The molecule has 7 nitrogen and oxygen atoms in total. The summed E-state index contributed by atoms with van der Waals surface area (Å²) in [5.41, 5.74) is 0. The van der Waals surface area contributed by atoms with Crippen LogP contribution in [0.3, 0.4) is 0 Å². The number of carbonyl (C=O) groups is 1. The van der Waals surface area contributed by atoms with Gasteiger partial charge in [0.2, 0.25) is 5.91 Å². The summed E-state index contributed by atoms with van der Waals surface area (Å²) in [6, 6.07) is 0. The first kappa shape index (κ1) is 13.3. The quantitative estimate of drug-likeness (QED) is 0.432. The minimum Gasteiger partial charge on any atom is -0.394 e. The van der Waals surface area contributed by atoms with Crippen molar-refractivity contribution in [3.05, 3.63) is 0 Å². The average Bonchev–Trinajstić information content (AvgIpc) is 2.29. The largest absolute Gasteiger partial charge is 0.394 e. The van der Waals surface area contributed by atoms with Gasteiger partial charge < -0.3 is 30.1 Å². The third-order valence-electron chi connectivity index (χ3n) is 2.39. The Morgan fingerprint density at radius 1 is 1.56 bits per heavy atom. The van der Waals surface area contributed by atoms with Crippen LogP contribution in [0, 0.1) is 0 Å². The highest BCUT2D eigenvalue weighted by atomic mass is 16.7. The number of amides is 1. The molecular formula is C9H17NO6. The Balaban J connectivity index is 2.41. The molecule has 4 N–H and O–H groups in total. The summed E-state index contributed by atoms with van der Waals surface area (Å²) in [7, 11) is 1.47. The molecule has 0 aliphatic carbocycles. The lowest BCUT2D eigenvalue weighted by atomic mass is 10.0. The van der Waals surface area contributed by atoms with E-state index >= 15 is 0 Å². The van der Waals surface area contributed by atoms with Crippen LogP contribution in [-0.2, 0) is 14.3 Å². The van der Waals surface area contributed by atoms with Crippen LogP contribution in [0.5, 0.6) is 0 Å². The van der Waals surface area contributed by atoms with Gasteiger partial charge in [-0.15, -0.1) is 0 Å². The Morgan fingerprint density at radius 2 is 2.25 bits per heavy atom. The number of hydrogen-bond donors (Lipinski definition) is 4. The van der Waals surface area contributed by atoms with Crippen LogP contribution in [0.1, 0.15) is 6.42 Å².